The molecule has 2 saturated heterocycles. The maximum absolute atomic E-state index is 12.7. The molecule has 2 heterocycles. The fraction of sp³-hybridized carbons (Fsp3) is 0.938. The van der Waals surface area contributed by atoms with Crippen molar-refractivity contribution in [3.8, 4) is 0 Å². The first-order valence-corrected chi connectivity index (χ1v) is 8.60. The van der Waals surface area contributed by atoms with Crippen LogP contribution in [-0.4, -0.2) is 67.2 Å². The standard InChI is InChI=1S/C16H31N3O2/c1-2-9-18-10-3-5-15(18)16(20)19-11-6-14(7-12-19)21-13-4-8-17/h14-15H,2-13,17H2,1H3. The van der Waals surface area contributed by atoms with Gasteiger partial charge in [0.25, 0.3) is 0 Å². The van der Waals surface area contributed by atoms with Crippen molar-refractivity contribution in [2.24, 2.45) is 5.73 Å². The van der Waals surface area contributed by atoms with Crippen LogP contribution >= 0.6 is 0 Å². The molecule has 5 heteroatoms. The number of ether oxygens (including phenoxy) is 1. The van der Waals surface area contributed by atoms with E-state index in [1.165, 1.54) is 0 Å². The summed E-state index contributed by atoms with van der Waals surface area (Å²) in [4.78, 5) is 17.1. The lowest BCUT2D eigenvalue weighted by molar-refractivity contribution is -0.138. The van der Waals surface area contributed by atoms with Crippen molar-refractivity contribution in [1.29, 1.82) is 0 Å². The summed E-state index contributed by atoms with van der Waals surface area (Å²) in [5.74, 6) is 0.348. The first-order chi connectivity index (χ1) is 10.3. The van der Waals surface area contributed by atoms with Gasteiger partial charge in [0.2, 0.25) is 5.91 Å². The molecule has 1 amide bonds. The van der Waals surface area contributed by atoms with E-state index >= 15 is 0 Å². The van der Waals surface area contributed by atoms with E-state index < -0.39 is 0 Å². The molecule has 2 N–H and O–H groups in total. The van der Waals surface area contributed by atoms with Gasteiger partial charge in [-0.15, -0.1) is 0 Å². The van der Waals surface area contributed by atoms with Crippen LogP contribution in [0.15, 0.2) is 0 Å². The molecule has 0 radical (unpaired) electrons. The van der Waals surface area contributed by atoms with Crippen LogP contribution in [0, 0.1) is 0 Å². The third-order valence-electron chi connectivity index (χ3n) is 4.62. The van der Waals surface area contributed by atoms with Crippen molar-refractivity contribution in [1.82, 2.24) is 9.80 Å². The van der Waals surface area contributed by atoms with E-state index in [-0.39, 0.29) is 6.04 Å². The number of likely N-dealkylation sites (tertiary alicyclic amines) is 2. The first-order valence-electron chi connectivity index (χ1n) is 8.60. The summed E-state index contributed by atoms with van der Waals surface area (Å²) < 4.78 is 5.81. The van der Waals surface area contributed by atoms with Gasteiger partial charge in [-0.2, -0.15) is 0 Å². The molecule has 122 valence electrons. The van der Waals surface area contributed by atoms with Gasteiger partial charge in [-0.3, -0.25) is 9.69 Å². The Labute approximate surface area is 128 Å². The zero-order valence-corrected chi connectivity index (χ0v) is 13.4. The van der Waals surface area contributed by atoms with E-state index in [1.807, 2.05) is 0 Å². The molecule has 2 aliphatic heterocycles. The third-order valence-corrected chi connectivity index (χ3v) is 4.62. The zero-order valence-electron chi connectivity index (χ0n) is 13.4. The lowest BCUT2D eigenvalue weighted by Crippen LogP contribution is -2.49. The number of rotatable bonds is 7. The summed E-state index contributed by atoms with van der Waals surface area (Å²) in [5, 5.41) is 0. The summed E-state index contributed by atoms with van der Waals surface area (Å²) in [7, 11) is 0. The molecule has 0 aromatic rings. The topological polar surface area (TPSA) is 58.8 Å². The van der Waals surface area contributed by atoms with Gasteiger partial charge >= 0.3 is 0 Å². The normalized spacial score (nSPS) is 24.7. The second-order valence-corrected chi connectivity index (χ2v) is 6.23. The van der Waals surface area contributed by atoms with Gasteiger partial charge in [0.1, 0.15) is 0 Å². The van der Waals surface area contributed by atoms with Crippen molar-refractivity contribution in [3.05, 3.63) is 0 Å². The SMILES string of the molecule is CCCN1CCCC1C(=O)N1CCC(OCCCN)CC1. The molecule has 0 aliphatic carbocycles. The molecule has 1 atom stereocenters. The smallest absolute Gasteiger partial charge is 0.239 e. The minimum atomic E-state index is 0.139. The highest BCUT2D eigenvalue weighted by Gasteiger charge is 2.34. The Morgan fingerprint density at radius 1 is 1.24 bits per heavy atom. The molecule has 0 spiro atoms. The molecular weight excluding hydrogens is 266 g/mol. The zero-order chi connectivity index (χ0) is 15.1. The summed E-state index contributed by atoms with van der Waals surface area (Å²) in [6.45, 7) is 7.46. The van der Waals surface area contributed by atoms with E-state index in [0.717, 1.165) is 71.3 Å². The minimum absolute atomic E-state index is 0.139. The van der Waals surface area contributed by atoms with Crippen molar-refractivity contribution in [2.75, 3.05) is 39.3 Å². The van der Waals surface area contributed by atoms with Gasteiger partial charge in [0.15, 0.2) is 0 Å². The van der Waals surface area contributed by atoms with E-state index in [9.17, 15) is 4.79 Å². The van der Waals surface area contributed by atoms with Crippen LogP contribution in [0.2, 0.25) is 0 Å². The van der Waals surface area contributed by atoms with Gasteiger partial charge < -0.3 is 15.4 Å². The van der Waals surface area contributed by atoms with Crippen molar-refractivity contribution in [3.63, 3.8) is 0 Å². The van der Waals surface area contributed by atoms with Crippen LogP contribution in [0.5, 0.6) is 0 Å². The summed E-state index contributed by atoms with van der Waals surface area (Å²) in [5.41, 5.74) is 5.48. The second kappa shape index (κ2) is 8.71. The van der Waals surface area contributed by atoms with Crippen LogP contribution in [-0.2, 0) is 9.53 Å². The van der Waals surface area contributed by atoms with Gasteiger partial charge in [-0.25, -0.2) is 0 Å². The Bertz CT molecular complexity index is 317. The highest BCUT2D eigenvalue weighted by Crippen LogP contribution is 2.22. The Morgan fingerprint density at radius 3 is 2.67 bits per heavy atom. The highest BCUT2D eigenvalue weighted by atomic mass is 16.5. The maximum atomic E-state index is 12.7. The van der Waals surface area contributed by atoms with Gasteiger partial charge in [0, 0.05) is 19.7 Å². The Balaban J connectivity index is 1.75. The molecule has 0 aromatic heterocycles. The number of carbonyl (C=O) groups is 1. The van der Waals surface area contributed by atoms with Gasteiger partial charge in [0.05, 0.1) is 12.1 Å². The summed E-state index contributed by atoms with van der Waals surface area (Å²) >= 11 is 0. The lowest BCUT2D eigenvalue weighted by atomic mass is 10.1. The highest BCUT2D eigenvalue weighted by molar-refractivity contribution is 5.82. The van der Waals surface area contributed by atoms with Crippen LogP contribution in [0.3, 0.4) is 0 Å². The second-order valence-electron chi connectivity index (χ2n) is 6.23. The minimum Gasteiger partial charge on any atom is -0.378 e. The average Bonchev–Trinajstić information content (AvgIpc) is 2.96. The number of piperidine rings is 1. The summed E-state index contributed by atoms with van der Waals surface area (Å²) in [6.07, 6.45) is 6.50. The maximum Gasteiger partial charge on any atom is 0.239 e. The van der Waals surface area contributed by atoms with Crippen molar-refractivity contribution in [2.45, 2.75) is 57.6 Å². The van der Waals surface area contributed by atoms with Crippen LogP contribution in [0.1, 0.15) is 45.4 Å². The Hall–Kier alpha value is -0.650. The van der Waals surface area contributed by atoms with E-state index in [4.69, 9.17) is 10.5 Å². The number of hydrogen-bond acceptors (Lipinski definition) is 4. The molecule has 1 unspecified atom stereocenters. The predicted molar refractivity (Wildman–Crippen MR) is 84.1 cm³/mol. The summed E-state index contributed by atoms with van der Waals surface area (Å²) in [6, 6.07) is 0.139. The Kier molecular flexibility index (Phi) is 6.93. The Morgan fingerprint density at radius 2 is 2.00 bits per heavy atom. The largest absolute Gasteiger partial charge is 0.378 e. The number of carbonyl (C=O) groups excluding carboxylic acids is 1. The molecule has 2 fully saturated rings. The van der Waals surface area contributed by atoms with Crippen LogP contribution in [0.4, 0.5) is 0 Å². The molecular formula is C16H31N3O2. The molecule has 0 bridgehead atoms. The van der Waals surface area contributed by atoms with Crippen LogP contribution in [0.25, 0.3) is 0 Å². The fourth-order valence-electron chi connectivity index (χ4n) is 3.45. The predicted octanol–water partition coefficient (Wildman–Crippen LogP) is 1.22. The van der Waals surface area contributed by atoms with Gasteiger partial charge in [-0.05, 0) is 58.2 Å². The molecule has 2 aliphatic rings. The van der Waals surface area contributed by atoms with Crippen LogP contribution < -0.4 is 5.73 Å². The van der Waals surface area contributed by atoms with E-state index in [1.54, 1.807) is 0 Å². The van der Waals surface area contributed by atoms with Crippen molar-refractivity contribution < 1.29 is 9.53 Å². The van der Waals surface area contributed by atoms with E-state index in [0.29, 0.717) is 18.6 Å². The third kappa shape index (κ3) is 4.66. The number of hydrogen-bond donors (Lipinski definition) is 1. The van der Waals surface area contributed by atoms with Crippen molar-refractivity contribution >= 4 is 5.91 Å². The molecule has 0 saturated carbocycles. The van der Waals surface area contributed by atoms with Gasteiger partial charge in [-0.1, -0.05) is 6.92 Å². The molecule has 2 rings (SSSR count). The monoisotopic (exact) mass is 297 g/mol. The fourth-order valence-corrected chi connectivity index (χ4v) is 3.45. The molecule has 5 nitrogen and oxygen atoms in total. The van der Waals surface area contributed by atoms with E-state index in [2.05, 4.69) is 16.7 Å². The number of nitrogens with two attached hydrogens (primary N) is 1. The quantitative estimate of drug-likeness (QED) is 0.718. The first kappa shape index (κ1) is 16.7. The lowest BCUT2D eigenvalue weighted by Gasteiger charge is -2.35. The number of amides is 1. The molecule has 0 aromatic carbocycles. The molecule has 21 heavy (non-hydrogen) atoms. The average molecular weight is 297 g/mol. The number of nitrogens with zero attached hydrogens (tertiary/aromatic N) is 2.